The van der Waals surface area contributed by atoms with Crippen LogP contribution in [0, 0.1) is 11.6 Å². The maximum absolute atomic E-state index is 14.6. The maximum atomic E-state index is 14.6. The minimum atomic E-state index is -0.956. The van der Waals surface area contributed by atoms with Gasteiger partial charge >= 0.3 is 0 Å². The molecule has 0 saturated heterocycles. The highest BCUT2D eigenvalue weighted by Crippen LogP contribution is 2.30. The van der Waals surface area contributed by atoms with Crippen molar-refractivity contribution >= 4 is 17.0 Å². The van der Waals surface area contributed by atoms with Gasteiger partial charge in [-0.05, 0) is 42.5 Å². The molecule has 2 aromatic heterocycles. The number of fused-ring (bicyclic) bond motifs is 1. The fourth-order valence-electron chi connectivity index (χ4n) is 3.27. The summed E-state index contributed by atoms with van der Waals surface area (Å²) in [7, 11) is 0. The molecule has 4 N–H and O–H groups in total. The molecule has 0 unspecified atom stereocenters. The second-order valence-electron chi connectivity index (χ2n) is 6.96. The molecule has 164 valence electrons. The highest BCUT2D eigenvalue weighted by Gasteiger charge is 2.20. The van der Waals surface area contributed by atoms with Crippen LogP contribution in [0.3, 0.4) is 0 Å². The molecule has 0 spiro atoms. The monoisotopic (exact) mass is 440 g/mol. The number of aliphatic hydroxyl groups excluding tert-OH is 2. The van der Waals surface area contributed by atoms with Gasteiger partial charge in [-0.25, -0.2) is 13.8 Å². The predicted octanol–water partition coefficient (Wildman–Crippen LogP) is 2.20. The number of aromatic nitrogens is 3. The van der Waals surface area contributed by atoms with E-state index in [4.69, 9.17) is 0 Å². The van der Waals surface area contributed by atoms with Crippen LogP contribution in [-0.2, 0) is 0 Å². The molecular formula is C22H18F2N4O4. The Hall–Kier alpha value is -3.89. The summed E-state index contributed by atoms with van der Waals surface area (Å²) in [5, 5.41) is 31.5. The highest BCUT2D eigenvalue weighted by atomic mass is 19.1. The fraction of sp³-hybridized carbons (Fsp3) is 0.136. The average Bonchev–Trinajstić information content (AvgIpc) is 2.78. The summed E-state index contributed by atoms with van der Waals surface area (Å²) in [5.74, 6) is -1.97. The van der Waals surface area contributed by atoms with Gasteiger partial charge in [0.2, 0.25) is 5.95 Å². The first kappa shape index (κ1) is 21.3. The molecule has 2 heterocycles. The Balaban J connectivity index is 2.07. The van der Waals surface area contributed by atoms with Crippen LogP contribution in [0.2, 0.25) is 0 Å². The van der Waals surface area contributed by atoms with E-state index in [-0.39, 0.29) is 17.3 Å². The lowest BCUT2D eigenvalue weighted by molar-refractivity contribution is 0.203. The van der Waals surface area contributed by atoms with Gasteiger partial charge in [0.25, 0.3) is 5.56 Å². The number of benzene rings is 2. The van der Waals surface area contributed by atoms with E-state index in [0.717, 1.165) is 22.8 Å². The van der Waals surface area contributed by atoms with E-state index in [1.807, 2.05) is 0 Å². The second-order valence-corrected chi connectivity index (χ2v) is 6.96. The molecule has 0 aliphatic carbocycles. The third-order valence-corrected chi connectivity index (χ3v) is 4.83. The summed E-state index contributed by atoms with van der Waals surface area (Å²) >= 11 is 0. The van der Waals surface area contributed by atoms with Crippen molar-refractivity contribution in [2.45, 2.75) is 6.04 Å². The molecule has 0 aliphatic heterocycles. The summed E-state index contributed by atoms with van der Waals surface area (Å²) < 4.78 is 30.0. The number of aliphatic hydroxyl groups is 2. The smallest absolute Gasteiger partial charge is 0.256 e. The standard InChI is InChI=1S/C22H18F2N4O4/c23-16-2-1-3-17(24)20(16)28-18(32)9-8-15-19(12-4-6-14(31)7-5-12)26-22(27-21(15)28)25-13(10-29)11-30/h1-9,13,29-31H,10-11H2,(H,25,26,27). The van der Waals surface area contributed by atoms with Crippen LogP contribution in [0.4, 0.5) is 14.7 Å². The van der Waals surface area contributed by atoms with Crippen LogP contribution >= 0.6 is 0 Å². The molecule has 0 fully saturated rings. The van der Waals surface area contributed by atoms with Crippen molar-refractivity contribution in [2.75, 3.05) is 18.5 Å². The third-order valence-electron chi connectivity index (χ3n) is 4.83. The van der Waals surface area contributed by atoms with E-state index in [0.29, 0.717) is 16.6 Å². The Bertz CT molecular complexity index is 1320. The average molecular weight is 440 g/mol. The van der Waals surface area contributed by atoms with Crippen molar-refractivity contribution < 1.29 is 24.1 Å². The molecule has 4 aromatic rings. The van der Waals surface area contributed by atoms with Gasteiger partial charge in [-0.15, -0.1) is 0 Å². The number of anilines is 1. The van der Waals surface area contributed by atoms with Crippen molar-refractivity contribution in [1.82, 2.24) is 14.5 Å². The zero-order valence-corrected chi connectivity index (χ0v) is 16.5. The summed E-state index contributed by atoms with van der Waals surface area (Å²) in [6, 6.07) is 11.0. The number of rotatable bonds is 6. The Kier molecular flexibility index (Phi) is 5.80. The summed E-state index contributed by atoms with van der Waals surface area (Å²) in [6.45, 7) is -0.869. The summed E-state index contributed by atoms with van der Waals surface area (Å²) in [4.78, 5) is 21.4. The van der Waals surface area contributed by atoms with Crippen LogP contribution in [-0.4, -0.2) is 49.1 Å². The number of phenolic OH excluding ortho intramolecular Hbond substituents is 1. The van der Waals surface area contributed by atoms with Gasteiger partial charge in [0, 0.05) is 17.0 Å². The molecule has 10 heteroatoms. The number of hydrogen-bond donors (Lipinski definition) is 4. The number of nitrogens with zero attached hydrogens (tertiary/aromatic N) is 3. The van der Waals surface area contributed by atoms with E-state index >= 15 is 0 Å². The van der Waals surface area contributed by atoms with Crippen molar-refractivity contribution in [2.24, 2.45) is 0 Å². The zero-order chi connectivity index (χ0) is 22.8. The lowest BCUT2D eigenvalue weighted by Gasteiger charge is -2.17. The molecule has 0 bridgehead atoms. The topological polar surface area (TPSA) is 120 Å². The second kappa shape index (κ2) is 8.69. The Morgan fingerprint density at radius 1 is 0.938 bits per heavy atom. The zero-order valence-electron chi connectivity index (χ0n) is 16.5. The number of para-hydroxylation sites is 1. The van der Waals surface area contributed by atoms with E-state index in [1.165, 1.54) is 24.3 Å². The Labute approximate surface area is 180 Å². The maximum Gasteiger partial charge on any atom is 0.256 e. The van der Waals surface area contributed by atoms with Gasteiger partial charge < -0.3 is 20.6 Å². The van der Waals surface area contributed by atoms with Gasteiger partial charge in [-0.3, -0.25) is 9.36 Å². The van der Waals surface area contributed by atoms with E-state index in [2.05, 4.69) is 15.3 Å². The highest BCUT2D eigenvalue weighted by molar-refractivity contribution is 5.92. The van der Waals surface area contributed by atoms with Gasteiger partial charge in [-0.1, -0.05) is 6.07 Å². The number of aromatic hydroxyl groups is 1. The van der Waals surface area contributed by atoms with Crippen molar-refractivity contribution in [3.8, 4) is 22.7 Å². The quantitative estimate of drug-likeness (QED) is 0.363. The molecule has 2 aromatic carbocycles. The van der Waals surface area contributed by atoms with Crippen LogP contribution < -0.4 is 10.9 Å². The molecular weight excluding hydrogens is 422 g/mol. The minimum absolute atomic E-state index is 0.0245. The lowest BCUT2D eigenvalue weighted by Crippen LogP contribution is -2.29. The first-order valence-corrected chi connectivity index (χ1v) is 9.58. The molecule has 0 saturated carbocycles. The van der Waals surface area contributed by atoms with Gasteiger partial charge in [0.15, 0.2) is 5.65 Å². The predicted molar refractivity (Wildman–Crippen MR) is 114 cm³/mol. The SMILES string of the molecule is O=c1ccc2c(-c3ccc(O)cc3)nc(NC(CO)CO)nc2n1-c1c(F)cccc1F. The normalized spacial score (nSPS) is 11.3. The number of halogens is 2. The van der Waals surface area contributed by atoms with Crippen molar-refractivity contribution in [1.29, 1.82) is 0 Å². The number of phenols is 1. The van der Waals surface area contributed by atoms with Crippen LogP contribution in [0.25, 0.3) is 28.0 Å². The molecule has 0 atom stereocenters. The Morgan fingerprint density at radius 3 is 2.22 bits per heavy atom. The van der Waals surface area contributed by atoms with E-state index in [9.17, 15) is 28.9 Å². The molecule has 0 radical (unpaired) electrons. The molecule has 8 nitrogen and oxygen atoms in total. The molecule has 32 heavy (non-hydrogen) atoms. The van der Waals surface area contributed by atoms with E-state index < -0.39 is 42.1 Å². The number of nitrogens with one attached hydrogen (secondary N) is 1. The third kappa shape index (κ3) is 3.88. The van der Waals surface area contributed by atoms with Gasteiger partial charge in [0.05, 0.1) is 24.9 Å². The first-order valence-electron chi connectivity index (χ1n) is 9.58. The molecule has 0 aliphatic rings. The van der Waals surface area contributed by atoms with E-state index in [1.54, 1.807) is 12.1 Å². The molecule has 0 amide bonds. The molecule has 4 rings (SSSR count). The summed E-state index contributed by atoms with van der Waals surface area (Å²) in [5.41, 5.74) is -0.565. The number of hydrogen-bond acceptors (Lipinski definition) is 7. The van der Waals surface area contributed by atoms with Crippen molar-refractivity contribution in [3.05, 3.63) is 76.6 Å². The van der Waals surface area contributed by atoms with Crippen LogP contribution in [0.5, 0.6) is 5.75 Å². The van der Waals surface area contributed by atoms with Gasteiger partial charge in [0.1, 0.15) is 23.1 Å². The fourth-order valence-corrected chi connectivity index (χ4v) is 3.27. The lowest BCUT2D eigenvalue weighted by atomic mass is 10.1. The largest absolute Gasteiger partial charge is 0.508 e. The van der Waals surface area contributed by atoms with Gasteiger partial charge in [-0.2, -0.15) is 4.98 Å². The van der Waals surface area contributed by atoms with Crippen molar-refractivity contribution in [3.63, 3.8) is 0 Å². The first-order chi connectivity index (χ1) is 15.4. The van der Waals surface area contributed by atoms with Crippen LogP contribution in [0.1, 0.15) is 0 Å². The number of pyridine rings is 1. The van der Waals surface area contributed by atoms with Crippen LogP contribution in [0.15, 0.2) is 59.4 Å². The minimum Gasteiger partial charge on any atom is -0.508 e. The summed E-state index contributed by atoms with van der Waals surface area (Å²) in [6.07, 6.45) is 0. The Morgan fingerprint density at radius 2 is 1.59 bits per heavy atom.